The van der Waals surface area contributed by atoms with Gasteiger partial charge in [-0.3, -0.25) is 9.59 Å². The number of carbonyl (C=O) groups excluding carboxylic acids is 1. The maximum absolute atomic E-state index is 12.3. The van der Waals surface area contributed by atoms with E-state index in [1.54, 1.807) is 4.90 Å². The van der Waals surface area contributed by atoms with Crippen molar-refractivity contribution in [2.45, 2.75) is 63.0 Å². The highest BCUT2D eigenvalue weighted by Crippen LogP contribution is 2.26. The van der Waals surface area contributed by atoms with Crippen molar-refractivity contribution in [3.63, 3.8) is 0 Å². The van der Waals surface area contributed by atoms with Crippen molar-refractivity contribution in [1.29, 1.82) is 0 Å². The van der Waals surface area contributed by atoms with Crippen LogP contribution in [0.2, 0.25) is 0 Å². The molecule has 0 aromatic carbocycles. The fraction of sp³-hybridized carbons (Fsp3) is 0.875. The lowest BCUT2D eigenvalue weighted by molar-refractivity contribution is -0.137. The summed E-state index contributed by atoms with van der Waals surface area (Å²) >= 11 is 0. The third kappa shape index (κ3) is 5.48. The number of rotatable bonds is 7. The molecule has 1 atom stereocenters. The smallest absolute Gasteiger partial charge is 0.303 e. The zero-order valence-corrected chi connectivity index (χ0v) is 14.4. The standard InChI is InChI=1S/C16H27NO5S/c18-15(9-11-23(21,22)14-5-1-2-6-14)17-10-3-4-13(12-17)7-8-16(19)20/h13-14H,1-12H2,(H,19,20). The molecule has 2 rings (SSSR count). The van der Waals surface area contributed by atoms with Crippen LogP contribution in [0.5, 0.6) is 0 Å². The summed E-state index contributed by atoms with van der Waals surface area (Å²) in [5, 5.41) is 8.50. The number of nitrogens with zero attached hydrogens (tertiary/aromatic N) is 1. The second kappa shape index (κ2) is 8.13. The molecular formula is C16H27NO5S. The molecule has 0 bridgehead atoms. The van der Waals surface area contributed by atoms with Crippen molar-refractivity contribution in [3.05, 3.63) is 0 Å². The van der Waals surface area contributed by atoms with Gasteiger partial charge in [-0.15, -0.1) is 0 Å². The molecular weight excluding hydrogens is 318 g/mol. The van der Waals surface area contributed by atoms with Gasteiger partial charge >= 0.3 is 5.97 Å². The summed E-state index contributed by atoms with van der Waals surface area (Å²) in [5.41, 5.74) is 0. The minimum Gasteiger partial charge on any atom is -0.481 e. The van der Waals surface area contributed by atoms with Gasteiger partial charge in [-0.05, 0) is 38.0 Å². The zero-order chi connectivity index (χ0) is 16.9. The first kappa shape index (κ1) is 18.2. The normalized spacial score (nSPS) is 23.1. The average molecular weight is 345 g/mol. The predicted molar refractivity (Wildman–Crippen MR) is 86.8 cm³/mol. The van der Waals surface area contributed by atoms with Gasteiger partial charge in [0, 0.05) is 25.9 Å². The summed E-state index contributed by atoms with van der Waals surface area (Å²) in [5.74, 6) is -0.745. The van der Waals surface area contributed by atoms with E-state index in [1.807, 2.05) is 0 Å². The fourth-order valence-corrected chi connectivity index (χ4v) is 5.50. The Morgan fingerprint density at radius 2 is 1.74 bits per heavy atom. The van der Waals surface area contributed by atoms with Gasteiger partial charge in [0.25, 0.3) is 0 Å². The predicted octanol–water partition coefficient (Wildman–Crippen LogP) is 1.84. The number of sulfone groups is 1. The molecule has 1 saturated carbocycles. The lowest BCUT2D eigenvalue weighted by atomic mass is 9.93. The van der Waals surface area contributed by atoms with Crippen LogP contribution in [0.15, 0.2) is 0 Å². The average Bonchev–Trinajstić information content (AvgIpc) is 3.06. The molecule has 0 aromatic rings. The Morgan fingerprint density at radius 3 is 2.39 bits per heavy atom. The Balaban J connectivity index is 1.79. The molecule has 1 aliphatic carbocycles. The van der Waals surface area contributed by atoms with Crippen LogP contribution < -0.4 is 0 Å². The van der Waals surface area contributed by atoms with Gasteiger partial charge < -0.3 is 10.0 Å². The van der Waals surface area contributed by atoms with E-state index in [0.717, 1.165) is 38.5 Å². The minimum atomic E-state index is -3.15. The van der Waals surface area contributed by atoms with Gasteiger partial charge in [0.05, 0.1) is 11.0 Å². The third-order valence-electron chi connectivity index (χ3n) is 5.05. The van der Waals surface area contributed by atoms with Crippen molar-refractivity contribution < 1.29 is 23.1 Å². The zero-order valence-electron chi connectivity index (χ0n) is 13.6. The molecule has 2 fully saturated rings. The van der Waals surface area contributed by atoms with Crippen LogP contribution in [0.1, 0.15) is 57.8 Å². The number of likely N-dealkylation sites (tertiary alicyclic amines) is 1. The number of carbonyl (C=O) groups is 2. The molecule has 132 valence electrons. The molecule has 1 N–H and O–H groups in total. The van der Waals surface area contributed by atoms with Crippen LogP contribution in [-0.2, 0) is 19.4 Å². The van der Waals surface area contributed by atoms with E-state index >= 15 is 0 Å². The Hall–Kier alpha value is -1.11. The van der Waals surface area contributed by atoms with Crippen molar-refractivity contribution in [2.24, 2.45) is 5.92 Å². The minimum absolute atomic E-state index is 0.0488. The maximum atomic E-state index is 12.3. The van der Waals surface area contributed by atoms with Gasteiger partial charge in [0.2, 0.25) is 5.91 Å². The maximum Gasteiger partial charge on any atom is 0.303 e. The molecule has 1 heterocycles. The number of hydrogen-bond acceptors (Lipinski definition) is 4. The number of carboxylic acids is 1. The molecule has 6 nitrogen and oxygen atoms in total. The van der Waals surface area contributed by atoms with Gasteiger partial charge in [-0.2, -0.15) is 0 Å². The summed E-state index contributed by atoms with van der Waals surface area (Å²) < 4.78 is 24.5. The van der Waals surface area contributed by atoms with Crippen LogP contribution in [0.25, 0.3) is 0 Å². The number of hydrogen-bond donors (Lipinski definition) is 1. The van der Waals surface area contributed by atoms with Gasteiger partial charge in [-0.1, -0.05) is 12.8 Å². The lowest BCUT2D eigenvalue weighted by Gasteiger charge is -2.32. The van der Waals surface area contributed by atoms with Gasteiger partial charge in [0.15, 0.2) is 9.84 Å². The molecule has 1 amide bonds. The second-order valence-corrected chi connectivity index (χ2v) is 9.20. The first-order chi connectivity index (χ1) is 10.9. The largest absolute Gasteiger partial charge is 0.481 e. The van der Waals surface area contributed by atoms with E-state index < -0.39 is 15.8 Å². The first-order valence-corrected chi connectivity index (χ1v) is 10.3. The van der Waals surface area contributed by atoms with Crippen LogP contribution in [0.3, 0.4) is 0 Å². The Morgan fingerprint density at radius 1 is 1.04 bits per heavy atom. The van der Waals surface area contributed by atoms with Crippen molar-refractivity contribution >= 4 is 21.7 Å². The number of aliphatic carboxylic acids is 1. The lowest BCUT2D eigenvalue weighted by Crippen LogP contribution is -2.41. The third-order valence-corrected chi connectivity index (χ3v) is 7.31. The van der Waals surface area contributed by atoms with Gasteiger partial charge in [0.1, 0.15) is 0 Å². The second-order valence-electron chi connectivity index (χ2n) is 6.80. The quantitative estimate of drug-likeness (QED) is 0.760. The van der Waals surface area contributed by atoms with Crippen molar-refractivity contribution in [2.75, 3.05) is 18.8 Å². The molecule has 2 aliphatic rings. The molecule has 0 spiro atoms. The van der Waals surface area contributed by atoms with E-state index in [9.17, 15) is 18.0 Å². The highest BCUT2D eigenvalue weighted by Gasteiger charge is 2.30. The molecule has 1 saturated heterocycles. The summed E-state index contributed by atoms with van der Waals surface area (Å²) in [4.78, 5) is 24.7. The van der Waals surface area contributed by atoms with E-state index in [4.69, 9.17) is 5.11 Å². The number of amides is 1. The molecule has 0 aromatic heterocycles. The molecule has 1 aliphatic heterocycles. The topological polar surface area (TPSA) is 91.8 Å². The Kier molecular flexibility index (Phi) is 6.44. The Bertz CT molecular complexity index is 525. The highest BCUT2D eigenvalue weighted by molar-refractivity contribution is 7.92. The summed E-state index contributed by atoms with van der Waals surface area (Å²) in [6.07, 6.45) is 5.98. The SMILES string of the molecule is O=C(O)CCC1CCCN(C(=O)CCS(=O)(=O)C2CCCC2)C1. The van der Waals surface area contributed by atoms with Crippen LogP contribution in [0.4, 0.5) is 0 Å². The molecule has 1 unspecified atom stereocenters. The van der Waals surface area contributed by atoms with E-state index in [-0.39, 0.29) is 35.7 Å². The molecule has 7 heteroatoms. The first-order valence-electron chi connectivity index (χ1n) is 8.59. The van der Waals surface area contributed by atoms with Gasteiger partial charge in [-0.25, -0.2) is 8.42 Å². The number of piperidine rings is 1. The van der Waals surface area contributed by atoms with E-state index in [1.165, 1.54) is 0 Å². The van der Waals surface area contributed by atoms with E-state index in [0.29, 0.717) is 19.5 Å². The number of carboxylic acid groups (broad SMARTS) is 1. The van der Waals surface area contributed by atoms with Crippen molar-refractivity contribution in [3.8, 4) is 0 Å². The fourth-order valence-electron chi connectivity index (χ4n) is 3.66. The highest BCUT2D eigenvalue weighted by atomic mass is 32.2. The summed E-state index contributed by atoms with van der Waals surface area (Å²) in [6.45, 7) is 1.22. The monoisotopic (exact) mass is 345 g/mol. The molecule has 23 heavy (non-hydrogen) atoms. The van der Waals surface area contributed by atoms with Crippen LogP contribution in [0, 0.1) is 5.92 Å². The van der Waals surface area contributed by atoms with Crippen molar-refractivity contribution in [1.82, 2.24) is 4.90 Å². The van der Waals surface area contributed by atoms with Crippen LogP contribution >= 0.6 is 0 Å². The van der Waals surface area contributed by atoms with E-state index in [2.05, 4.69) is 0 Å². The summed E-state index contributed by atoms with van der Waals surface area (Å²) in [7, 11) is -3.15. The molecule has 0 radical (unpaired) electrons. The summed E-state index contributed by atoms with van der Waals surface area (Å²) in [6, 6.07) is 0. The Labute approximate surface area is 138 Å². The van der Waals surface area contributed by atoms with Crippen LogP contribution in [-0.4, -0.2) is 54.4 Å².